The van der Waals surface area contributed by atoms with Gasteiger partial charge in [0.05, 0.1) is 12.3 Å². The van der Waals surface area contributed by atoms with Gasteiger partial charge < -0.3 is 21.4 Å². The van der Waals surface area contributed by atoms with Gasteiger partial charge in [0.2, 0.25) is 0 Å². The standard InChI is InChI=1S/C19H27N5OS/c1-13-6-7-15(16(20)9-13)17(21)10-23-19(25)18(22-2)12-26-11-14-5-4-8-24(14)3/h6-7,9,12,14,21H,2,4-5,8,10-11,20H2,1,3H3,(H,23,25)/b18-12-,21-17?. The highest BCUT2D eigenvalue weighted by molar-refractivity contribution is 8.02. The van der Waals surface area contributed by atoms with E-state index in [4.69, 9.17) is 11.1 Å². The molecule has 0 radical (unpaired) electrons. The number of nitrogens with zero attached hydrogens (tertiary/aromatic N) is 2. The molecule has 1 aliphatic heterocycles. The van der Waals surface area contributed by atoms with Crippen LogP contribution in [0.4, 0.5) is 5.69 Å². The maximum Gasteiger partial charge on any atom is 0.270 e. The Morgan fingerprint density at radius 3 is 2.96 bits per heavy atom. The van der Waals surface area contributed by atoms with Crippen LogP contribution in [0, 0.1) is 12.3 Å². The summed E-state index contributed by atoms with van der Waals surface area (Å²) in [5.41, 5.74) is 8.70. The van der Waals surface area contributed by atoms with E-state index in [1.54, 1.807) is 23.2 Å². The predicted molar refractivity (Wildman–Crippen MR) is 111 cm³/mol. The summed E-state index contributed by atoms with van der Waals surface area (Å²) in [6.07, 6.45) is 2.41. The van der Waals surface area contributed by atoms with Gasteiger partial charge in [-0.3, -0.25) is 9.79 Å². The number of aryl methyl sites for hydroxylation is 1. The molecule has 1 aromatic carbocycles. The molecular weight excluding hydrogens is 346 g/mol. The van der Waals surface area contributed by atoms with Gasteiger partial charge in [-0.1, -0.05) is 12.1 Å². The number of anilines is 1. The number of benzene rings is 1. The molecule has 1 heterocycles. The summed E-state index contributed by atoms with van der Waals surface area (Å²) in [5.74, 6) is 0.598. The monoisotopic (exact) mass is 373 g/mol. The van der Waals surface area contributed by atoms with E-state index in [0.717, 1.165) is 17.9 Å². The third-order valence-electron chi connectivity index (χ3n) is 4.52. The van der Waals surface area contributed by atoms with Crippen LogP contribution in [0.3, 0.4) is 0 Å². The summed E-state index contributed by atoms with van der Waals surface area (Å²) in [4.78, 5) is 18.4. The smallest absolute Gasteiger partial charge is 0.270 e. The Bertz CT molecular complexity index is 716. The number of aliphatic imine (C=N–C) groups is 1. The van der Waals surface area contributed by atoms with E-state index >= 15 is 0 Å². The average molecular weight is 374 g/mol. The zero-order valence-electron chi connectivity index (χ0n) is 15.4. The first-order chi connectivity index (χ1) is 12.4. The highest BCUT2D eigenvalue weighted by atomic mass is 32.2. The van der Waals surface area contributed by atoms with Crippen LogP contribution < -0.4 is 11.1 Å². The van der Waals surface area contributed by atoms with Crippen LogP contribution >= 0.6 is 11.8 Å². The molecule has 1 aromatic rings. The molecule has 0 spiro atoms. The Balaban J connectivity index is 1.86. The largest absolute Gasteiger partial charge is 0.398 e. The lowest BCUT2D eigenvalue weighted by molar-refractivity contribution is -0.117. The minimum Gasteiger partial charge on any atom is -0.398 e. The molecule has 140 valence electrons. The van der Waals surface area contributed by atoms with E-state index in [0.29, 0.717) is 17.3 Å². The van der Waals surface area contributed by atoms with Crippen molar-refractivity contribution >= 4 is 35.8 Å². The van der Waals surface area contributed by atoms with Gasteiger partial charge in [-0.05, 0) is 51.7 Å². The topological polar surface area (TPSA) is 94.6 Å². The second-order valence-electron chi connectivity index (χ2n) is 6.52. The zero-order chi connectivity index (χ0) is 19.1. The minimum atomic E-state index is -0.331. The third-order valence-corrected chi connectivity index (χ3v) is 5.48. The summed E-state index contributed by atoms with van der Waals surface area (Å²) in [5, 5.41) is 12.6. The maximum atomic E-state index is 12.3. The number of nitrogens with one attached hydrogen (secondary N) is 2. The van der Waals surface area contributed by atoms with Crippen LogP contribution in [0.25, 0.3) is 0 Å². The second-order valence-corrected chi connectivity index (χ2v) is 7.43. The van der Waals surface area contributed by atoms with Crippen LogP contribution in [0.15, 0.2) is 34.3 Å². The van der Waals surface area contributed by atoms with Gasteiger partial charge in [0.25, 0.3) is 5.91 Å². The van der Waals surface area contributed by atoms with Crippen LogP contribution in [0.5, 0.6) is 0 Å². The fraction of sp³-hybridized carbons (Fsp3) is 0.421. The minimum absolute atomic E-state index is 0.0922. The first-order valence-electron chi connectivity index (χ1n) is 8.63. The Labute approximate surface area is 159 Å². The molecule has 0 aromatic heterocycles. The van der Waals surface area contributed by atoms with Gasteiger partial charge >= 0.3 is 0 Å². The number of carbonyl (C=O) groups is 1. The molecule has 6 nitrogen and oxygen atoms in total. The number of thioether (sulfide) groups is 1. The van der Waals surface area contributed by atoms with Crippen molar-refractivity contribution in [2.45, 2.75) is 25.8 Å². The first kappa shape index (κ1) is 20.2. The number of hydrogen-bond acceptors (Lipinski definition) is 6. The molecule has 1 aliphatic rings. The molecule has 26 heavy (non-hydrogen) atoms. The van der Waals surface area contributed by atoms with Gasteiger partial charge in [0.15, 0.2) is 0 Å². The van der Waals surface area contributed by atoms with Crippen LogP contribution in [-0.2, 0) is 4.79 Å². The van der Waals surface area contributed by atoms with E-state index in [9.17, 15) is 4.79 Å². The molecule has 4 N–H and O–H groups in total. The van der Waals surface area contributed by atoms with Gasteiger partial charge in [0.1, 0.15) is 5.70 Å². The number of nitrogens with two attached hydrogens (primary N) is 1. The van der Waals surface area contributed by atoms with E-state index in [1.165, 1.54) is 12.8 Å². The van der Waals surface area contributed by atoms with Crippen LogP contribution in [0.2, 0.25) is 0 Å². The predicted octanol–water partition coefficient (Wildman–Crippen LogP) is 2.43. The van der Waals surface area contributed by atoms with Crippen molar-refractivity contribution in [1.82, 2.24) is 10.2 Å². The number of nitrogen functional groups attached to an aromatic ring is 1. The second kappa shape index (κ2) is 9.54. The Kier molecular flexibility index (Phi) is 7.41. The van der Waals surface area contributed by atoms with Gasteiger partial charge in [-0.15, -0.1) is 11.8 Å². The Hall–Kier alpha value is -2.12. The van der Waals surface area contributed by atoms with E-state index in [-0.39, 0.29) is 23.9 Å². The molecule has 1 atom stereocenters. The summed E-state index contributed by atoms with van der Waals surface area (Å²) in [6, 6.07) is 6.06. The normalized spacial score (nSPS) is 17.9. The molecule has 0 saturated carbocycles. The highest BCUT2D eigenvalue weighted by Gasteiger charge is 2.20. The lowest BCUT2D eigenvalue weighted by atomic mass is 10.1. The van der Waals surface area contributed by atoms with Crippen LogP contribution in [-0.4, -0.2) is 55.2 Å². The van der Waals surface area contributed by atoms with Crippen molar-refractivity contribution in [2.24, 2.45) is 4.99 Å². The van der Waals surface area contributed by atoms with Crippen molar-refractivity contribution in [1.29, 1.82) is 5.41 Å². The average Bonchev–Trinajstić information content (AvgIpc) is 3.01. The quantitative estimate of drug-likeness (QED) is 0.370. The molecule has 7 heteroatoms. The van der Waals surface area contributed by atoms with E-state index in [2.05, 4.69) is 29.0 Å². The van der Waals surface area contributed by atoms with Gasteiger partial charge in [0, 0.05) is 28.5 Å². The number of carbonyl (C=O) groups excluding carboxylic acids is 1. The SMILES string of the molecule is C=N/C(=C\SCC1CCCN1C)C(=O)NCC(=N)c1ccc(C)cc1N. The number of likely N-dealkylation sites (tertiary alicyclic amines) is 1. The fourth-order valence-electron chi connectivity index (χ4n) is 2.90. The molecule has 0 bridgehead atoms. The summed E-state index contributed by atoms with van der Waals surface area (Å²) in [7, 11) is 2.13. The van der Waals surface area contributed by atoms with Crippen molar-refractivity contribution in [2.75, 3.05) is 31.6 Å². The number of amides is 1. The summed E-state index contributed by atoms with van der Waals surface area (Å²) >= 11 is 1.58. The summed E-state index contributed by atoms with van der Waals surface area (Å²) in [6.45, 7) is 6.65. The third kappa shape index (κ3) is 5.44. The van der Waals surface area contributed by atoms with E-state index in [1.807, 2.05) is 19.1 Å². The van der Waals surface area contributed by atoms with Crippen molar-refractivity contribution in [3.8, 4) is 0 Å². The fourth-order valence-corrected chi connectivity index (χ4v) is 3.98. The van der Waals surface area contributed by atoms with Gasteiger partial charge in [-0.2, -0.15) is 0 Å². The molecule has 1 saturated heterocycles. The molecule has 1 unspecified atom stereocenters. The number of rotatable bonds is 8. The highest BCUT2D eigenvalue weighted by Crippen LogP contribution is 2.20. The Morgan fingerprint density at radius 1 is 1.58 bits per heavy atom. The molecule has 1 amide bonds. The first-order valence-corrected chi connectivity index (χ1v) is 9.68. The molecule has 0 aliphatic carbocycles. The molecular formula is C19H27N5OS. The van der Waals surface area contributed by atoms with Crippen LogP contribution in [0.1, 0.15) is 24.0 Å². The van der Waals surface area contributed by atoms with E-state index < -0.39 is 0 Å². The summed E-state index contributed by atoms with van der Waals surface area (Å²) < 4.78 is 0. The van der Waals surface area contributed by atoms with Crippen molar-refractivity contribution in [3.05, 3.63) is 40.4 Å². The zero-order valence-corrected chi connectivity index (χ0v) is 16.2. The van der Waals surface area contributed by atoms with Gasteiger partial charge in [-0.25, -0.2) is 0 Å². The van der Waals surface area contributed by atoms with Crippen molar-refractivity contribution < 1.29 is 4.79 Å². The molecule has 2 rings (SSSR count). The number of hydrogen-bond donors (Lipinski definition) is 3. The van der Waals surface area contributed by atoms with Crippen molar-refractivity contribution in [3.63, 3.8) is 0 Å². The lowest BCUT2D eigenvalue weighted by Crippen LogP contribution is -2.30. The lowest BCUT2D eigenvalue weighted by Gasteiger charge is -2.17. The maximum absolute atomic E-state index is 12.3. The molecule has 1 fully saturated rings. The Morgan fingerprint density at radius 2 is 2.35 bits per heavy atom.